The highest BCUT2D eigenvalue weighted by atomic mass is 15.1. The number of hydrogen-bond acceptors (Lipinski definition) is 2. The highest BCUT2D eigenvalue weighted by molar-refractivity contribution is 5.38. The van der Waals surface area contributed by atoms with Gasteiger partial charge in [0.25, 0.3) is 0 Å². The smallest absolute Gasteiger partial charge is 0.145 e. The van der Waals surface area contributed by atoms with E-state index in [2.05, 4.69) is 23.4 Å². The van der Waals surface area contributed by atoms with Crippen molar-refractivity contribution in [3.63, 3.8) is 0 Å². The molecule has 1 aliphatic heterocycles. The van der Waals surface area contributed by atoms with Crippen molar-refractivity contribution in [2.45, 2.75) is 39.7 Å². The molecular formula is C10H17N3. The van der Waals surface area contributed by atoms with Crippen LogP contribution in [0.3, 0.4) is 0 Å². The van der Waals surface area contributed by atoms with Gasteiger partial charge in [0.15, 0.2) is 0 Å². The first-order valence-corrected chi connectivity index (χ1v) is 5.06. The lowest BCUT2D eigenvalue weighted by atomic mass is 10.00. The monoisotopic (exact) mass is 179 g/mol. The summed E-state index contributed by atoms with van der Waals surface area (Å²) in [7, 11) is 0. The van der Waals surface area contributed by atoms with E-state index < -0.39 is 0 Å². The van der Waals surface area contributed by atoms with E-state index in [1.54, 1.807) is 0 Å². The molecule has 13 heavy (non-hydrogen) atoms. The molecule has 3 heteroatoms. The van der Waals surface area contributed by atoms with Gasteiger partial charge in [-0.3, -0.25) is 0 Å². The van der Waals surface area contributed by atoms with Crippen LogP contribution in [0.15, 0.2) is 0 Å². The molecule has 1 atom stereocenters. The van der Waals surface area contributed by atoms with E-state index in [-0.39, 0.29) is 0 Å². The molecule has 0 spiro atoms. The van der Waals surface area contributed by atoms with Crippen LogP contribution in [0.25, 0.3) is 0 Å². The third-order valence-corrected chi connectivity index (χ3v) is 2.87. The summed E-state index contributed by atoms with van der Waals surface area (Å²) < 4.78 is 2.31. The van der Waals surface area contributed by atoms with Gasteiger partial charge in [0.2, 0.25) is 0 Å². The second-order valence-corrected chi connectivity index (χ2v) is 3.97. The Bertz CT molecular complexity index is 314. The maximum absolute atomic E-state index is 5.85. The van der Waals surface area contributed by atoms with E-state index in [4.69, 9.17) is 5.73 Å². The second kappa shape index (κ2) is 3.05. The molecule has 0 aromatic carbocycles. The molecule has 2 heterocycles. The fraction of sp³-hybridized carbons (Fsp3) is 0.700. The lowest BCUT2D eigenvalue weighted by Gasteiger charge is -2.22. The van der Waals surface area contributed by atoms with Gasteiger partial charge in [-0.1, -0.05) is 13.8 Å². The molecule has 0 bridgehead atoms. The van der Waals surface area contributed by atoms with Crippen molar-refractivity contribution in [2.24, 2.45) is 5.92 Å². The maximum Gasteiger partial charge on any atom is 0.145 e. The summed E-state index contributed by atoms with van der Waals surface area (Å²) in [6.07, 6.45) is 3.33. The normalized spacial score (nSPS) is 21.5. The predicted molar refractivity (Wildman–Crippen MR) is 53.5 cm³/mol. The van der Waals surface area contributed by atoms with Crippen LogP contribution in [-0.2, 0) is 19.4 Å². The summed E-state index contributed by atoms with van der Waals surface area (Å²) in [6, 6.07) is 0. The molecule has 1 aromatic heterocycles. The van der Waals surface area contributed by atoms with Gasteiger partial charge in [0.1, 0.15) is 11.6 Å². The van der Waals surface area contributed by atoms with Crippen molar-refractivity contribution in [1.82, 2.24) is 9.55 Å². The summed E-state index contributed by atoms with van der Waals surface area (Å²) in [4.78, 5) is 4.39. The van der Waals surface area contributed by atoms with Crippen LogP contribution >= 0.6 is 0 Å². The predicted octanol–water partition coefficient (Wildman–Crippen LogP) is 1.61. The third-order valence-electron chi connectivity index (χ3n) is 2.87. The molecule has 1 aliphatic rings. The van der Waals surface area contributed by atoms with Crippen LogP contribution < -0.4 is 5.73 Å². The van der Waals surface area contributed by atoms with Crippen molar-refractivity contribution in [3.05, 3.63) is 11.5 Å². The third kappa shape index (κ3) is 1.32. The van der Waals surface area contributed by atoms with Crippen LogP contribution in [0.1, 0.15) is 31.8 Å². The fourth-order valence-electron chi connectivity index (χ4n) is 2.09. The van der Waals surface area contributed by atoms with Gasteiger partial charge in [-0.05, 0) is 18.8 Å². The Labute approximate surface area is 79.0 Å². The first-order chi connectivity index (χ1) is 6.22. The standard InChI is InChI=1S/C10H17N3/c1-3-9-12-10(11)8-5-4-7(2)6-13(8)9/h7H,3-6,11H2,1-2H3. The van der Waals surface area contributed by atoms with Gasteiger partial charge in [-0.2, -0.15) is 0 Å². The molecule has 2 rings (SSSR count). The summed E-state index contributed by atoms with van der Waals surface area (Å²) in [6.45, 7) is 5.52. The van der Waals surface area contributed by atoms with Crippen molar-refractivity contribution in [2.75, 3.05) is 5.73 Å². The molecule has 2 N–H and O–H groups in total. The van der Waals surface area contributed by atoms with E-state index in [0.717, 1.165) is 36.9 Å². The van der Waals surface area contributed by atoms with Gasteiger partial charge in [0.05, 0.1) is 5.69 Å². The Kier molecular flexibility index (Phi) is 2.02. The zero-order valence-corrected chi connectivity index (χ0v) is 8.38. The van der Waals surface area contributed by atoms with Crippen molar-refractivity contribution < 1.29 is 0 Å². The van der Waals surface area contributed by atoms with Crippen LogP contribution in [0.2, 0.25) is 0 Å². The van der Waals surface area contributed by atoms with Gasteiger partial charge in [-0.25, -0.2) is 4.98 Å². The lowest BCUT2D eigenvalue weighted by molar-refractivity contribution is 0.392. The summed E-state index contributed by atoms with van der Waals surface area (Å²) in [5.74, 6) is 2.68. The topological polar surface area (TPSA) is 43.8 Å². The quantitative estimate of drug-likeness (QED) is 0.711. The molecule has 0 saturated carbocycles. The number of aryl methyl sites for hydroxylation is 1. The van der Waals surface area contributed by atoms with Crippen molar-refractivity contribution in [3.8, 4) is 0 Å². The first-order valence-electron chi connectivity index (χ1n) is 5.06. The maximum atomic E-state index is 5.85. The number of anilines is 1. The molecule has 72 valence electrons. The van der Waals surface area contributed by atoms with Crippen LogP contribution in [0, 0.1) is 5.92 Å². The average molecular weight is 179 g/mol. The van der Waals surface area contributed by atoms with Crippen molar-refractivity contribution in [1.29, 1.82) is 0 Å². The molecule has 0 amide bonds. The number of fused-ring (bicyclic) bond motifs is 1. The Hall–Kier alpha value is -0.990. The number of hydrogen-bond donors (Lipinski definition) is 1. The first kappa shape index (κ1) is 8.60. The number of nitrogens with zero attached hydrogens (tertiary/aromatic N) is 2. The molecule has 0 aliphatic carbocycles. The number of nitrogens with two attached hydrogens (primary N) is 1. The summed E-state index contributed by atoms with van der Waals surface area (Å²) in [5.41, 5.74) is 7.11. The van der Waals surface area contributed by atoms with Gasteiger partial charge in [-0.15, -0.1) is 0 Å². The minimum absolute atomic E-state index is 0.753. The van der Waals surface area contributed by atoms with E-state index in [9.17, 15) is 0 Å². The summed E-state index contributed by atoms with van der Waals surface area (Å²) in [5, 5.41) is 0. The Morgan fingerprint density at radius 1 is 1.62 bits per heavy atom. The molecule has 0 saturated heterocycles. The zero-order valence-electron chi connectivity index (χ0n) is 8.38. The van der Waals surface area contributed by atoms with Gasteiger partial charge < -0.3 is 10.3 Å². The van der Waals surface area contributed by atoms with E-state index in [0.29, 0.717) is 0 Å². The number of aromatic nitrogens is 2. The van der Waals surface area contributed by atoms with Crippen LogP contribution in [0.5, 0.6) is 0 Å². The summed E-state index contributed by atoms with van der Waals surface area (Å²) >= 11 is 0. The van der Waals surface area contributed by atoms with Gasteiger partial charge >= 0.3 is 0 Å². The highest BCUT2D eigenvalue weighted by Gasteiger charge is 2.20. The van der Waals surface area contributed by atoms with E-state index >= 15 is 0 Å². The average Bonchev–Trinajstić information content (AvgIpc) is 2.42. The molecule has 0 fully saturated rings. The van der Waals surface area contributed by atoms with Gasteiger partial charge in [0, 0.05) is 13.0 Å². The molecule has 1 aromatic rings. The van der Waals surface area contributed by atoms with Crippen LogP contribution in [0.4, 0.5) is 5.82 Å². The minimum atomic E-state index is 0.753. The highest BCUT2D eigenvalue weighted by Crippen LogP contribution is 2.25. The lowest BCUT2D eigenvalue weighted by Crippen LogP contribution is -2.19. The van der Waals surface area contributed by atoms with Crippen LogP contribution in [-0.4, -0.2) is 9.55 Å². The van der Waals surface area contributed by atoms with E-state index in [1.807, 2.05) is 0 Å². The SMILES string of the molecule is CCc1nc(N)c2n1CC(C)CC2. The number of rotatable bonds is 1. The van der Waals surface area contributed by atoms with Crippen molar-refractivity contribution >= 4 is 5.82 Å². The molecule has 3 nitrogen and oxygen atoms in total. The Morgan fingerprint density at radius 3 is 3.08 bits per heavy atom. The number of nitrogen functional groups attached to an aromatic ring is 1. The molecule has 1 unspecified atom stereocenters. The fourth-order valence-corrected chi connectivity index (χ4v) is 2.09. The largest absolute Gasteiger partial charge is 0.382 e. The second-order valence-electron chi connectivity index (χ2n) is 3.97. The molecule has 0 radical (unpaired) electrons. The minimum Gasteiger partial charge on any atom is -0.382 e. The number of imidazole rings is 1. The Morgan fingerprint density at radius 2 is 2.38 bits per heavy atom. The Balaban J connectivity index is 2.43. The van der Waals surface area contributed by atoms with E-state index in [1.165, 1.54) is 12.1 Å². The zero-order chi connectivity index (χ0) is 9.42. The molecular weight excluding hydrogens is 162 g/mol.